The lowest BCUT2D eigenvalue weighted by Gasteiger charge is -2.02. The van der Waals surface area contributed by atoms with E-state index in [9.17, 15) is 4.79 Å². The Kier molecular flexibility index (Phi) is 4.34. The molecule has 2 aromatic rings. The van der Waals surface area contributed by atoms with Gasteiger partial charge in [-0.25, -0.2) is 4.98 Å². The summed E-state index contributed by atoms with van der Waals surface area (Å²) in [4.78, 5) is 16.1. The summed E-state index contributed by atoms with van der Waals surface area (Å²) in [5.74, 6) is 0.0505. The molecule has 0 saturated carbocycles. The average molecular weight is 245 g/mol. The van der Waals surface area contributed by atoms with Crippen molar-refractivity contribution in [3.63, 3.8) is 0 Å². The number of carbonyl (C=O) groups excluding carboxylic acids is 1. The summed E-state index contributed by atoms with van der Waals surface area (Å²) in [6.07, 6.45) is 7.57. The molecule has 4 nitrogen and oxygen atoms in total. The Morgan fingerprint density at radius 1 is 1.39 bits per heavy atom. The van der Waals surface area contributed by atoms with Gasteiger partial charge in [-0.1, -0.05) is 25.8 Å². The molecular weight excluding hydrogens is 226 g/mol. The Labute approximate surface area is 107 Å². The van der Waals surface area contributed by atoms with Crippen LogP contribution in [0, 0.1) is 0 Å². The summed E-state index contributed by atoms with van der Waals surface area (Å²) in [6.45, 7) is 2.92. The smallest absolute Gasteiger partial charge is 0.226 e. The van der Waals surface area contributed by atoms with Crippen molar-refractivity contribution in [3.8, 4) is 0 Å². The zero-order valence-electron chi connectivity index (χ0n) is 10.7. The molecule has 2 aromatic heterocycles. The van der Waals surface area contributed by atoms with Crippen LogP contribution in [0.4, 0.5) is 0 Å². The molecule has 0 unspecified atom stereocenters. The van der Waals surface area contributed by atoms with Gasteiger partial charge in [-0.3, -0.25) is 4.79 Å². The van der Waals surface area contributed by atoms with Gasteiger partial charge in [0.1, 0.15) is 5.65 Å². The van der Waals surface area contributed by atoms with Gasteiger partial charge in [-0.2, -0.15) is 0 Å². The molecule has 96 valence electrons. The number of hydrogen-bond acceptors (Lipinski definition) is 2. The van der Waals surface area contributed by atoms with E-state index < -0.39 is 0 Å². The summed E-state index contributed by atoms with van der Waals surface area (Å²) in [6, 6.07) is 5.82. The van der Waals surface area contributed by atoms with Gasteiger partial charge in [0.25, 0.3) is 0 Å². The first-order valence-corrected chi connectivity index (χ1v) is 6.49. The molecule has 0 bridgehead atoms. The zero-order valence-corrected chi connectivity index (χ0v) is 10.7. The zero-order chi connectivity index (χ0) is 12.8. The normalized spacial score (nSPS) is 10.7. The van der Waals surface area contributed by atoms with Crippen molar-refractivity contribution in [2.24, 2.45) is 0 Å². The van der Waals surface area contributed by atoms with E-state index in [2.05, 4.69) is 17.2 Å². The van der Waals surface area contributed by atoms with Crippen LogP contribution in [0.3, 0.4) is 0 Å². The molecule has 0 aliphatic rings. The SMILES string of the molecule is CCCCCNC(=O)Cc1cn2ccccc2n1. The number of nitrogens with one attached hydrogen (secondary N) is 1. The molecule has 0 aliphatic carbocycles. The summed E-state index contributed by atoms with van der Waals surface area (Å²) < 4.78 is 1.93. The molecule has 2 heterocycles. The third kappa shape index (κ3) is 3.32. The van der Waals surface area contributed by atoms with Crippen molar-refractivity contribution < 1.29 is 4.79 Å². The number of aromatic nitrogens is 2. The first-order chi connectivity index (χ1) is 8.79. The number of fused-ring (bicyclic) bond motifs is 1. The largest absolute Gasteiger partial charge is 0.356 e. The number of imidazole rings is 1. The highest BCUT2D eigenvalue weighted by atomic mass is 16.1. The Morgan fingerprint density at radius 3 is 3.06 bits per heavy atom. The number of amides is 1. The van der Waals surface area contributed by atoms with Gasteiger partial charge < -0.3 is 9.72 Å². The third-order valence-corrected chi connectivity index (χ3v) is 2.86. The Bertz CT molecular complexity index is 485. The Hall–Kier alpha value is -1.84. The summed E-state index contributed by atoms with van der Waals surface area (Å²) in [5, 5.41) is 2.92. The fourth-order valence-corrected chi connectivity index (χ4v) is 1.90. The van der Waals surface area contributed by atoms with Gasteiger partial charge in [0, 0.05) is 18.9 Å². The molecular formula is C14H19N3O. The van der Waals surface area contributed by atoms with E-state index >= 15 is 0 Å². The van der Waals surface area contributed by atoms with E-state index in [1.54, 1.807) is 0 Å². The van der Waals surface area contributed by atoms with Crippen LogP contribution in [-0.2, 0) is 11.2 Å². The number of pyridine rings is 1. The van der Waals surface area contributed by atoms with Crippen molar-refractivity contribution in [1.29, 1.82) is 0 Å². The van der Waals surface area contributed by atoms with Crippen molar-refractivity contribution in [2.45, 2.75) is 32.6 Å². The predicted molar refractivity (Wildman–Crippen MR) is 71.4 cm³/mol. The van der Waals surface area contributed by atoms with Crippen molar-refractivity contribution in [2.75, 3.05) is 6.54 Å². The predicted octanol–water partition coefficient (Wildman–Crippen LogP) is 2.18. The van der Waals surface area contributed by atoms with E-state index in [-0.39, 0.29) is 5.91 Å². The monoisotopic (exact) mass is 245 g/mol. The van der Waals surface area contributed by atoms with Gasteiger partial charge in [0.2, 0.25) is 5.91 Å². The van der Waals surface area contributed by atoms with Gasteiger partial charge in [-0.05, 0) is 18.6 Å². The van der Waals surface area contributed by atoms with Crippen LogP contribution in [-0.4, -0.2) is 21.8 Å². The van der Waals surface area contributed by atoms with Gasteiger partial charge >= 0.3 is 0 Å². The molecule has 4 heteroatoms. The highest BCUT2D eigenvalue weighted by Crippen LogP contribution is 2.05. The fourth-order valence-electron chi connectivity index (χ4n) is 1.90. The molecule has 2 rings (SSSR count). The van der Waals surface area contributed by atoms with Crippen LogP contribution in [0.2, 0.25) is 0 Å². The lowest BCUT2D eigenvalue weighted by molar-refractivity contribution is -0.120. The van der Waals surface area contributed by atoms with E-state index in [1.807, 2.05) is 35.0 Å². The molecule has 0 aliphatic heterocycles. The van der Waals surface area contributed by atoms with Crippen LogP contribution in [0.15, 0.2) is 30.6 Å². The molecule has 0 saturated heterocycles. The van der Waals surface area contributed by atoms with Crippen LogP contribution in [0.5, 0.6) is 0 Å². The van der Waals surface area contributed by atoms with E-state index in [1.165, 1.54) is 6.42 Å². The molecule has 18 heavy (non-hydrogen) atoms. The number of unbranched alkanes of at least 4 members (excludes halogenated alkanes) is 2. The first kappa shape index (κ1) is 12.6. The standard InChI is InChI=1S/C14H19N3O/c1-2-3-5-8-15-14(18)10-12-11-17-9-6-4-7-13(17)16-12/h4,6-7,9,11H,2-3,5,8,10H2,1H3,(H,15,18). The number of hydrogen-bond donors (Lipinski definition) is 1. The number of rotatable bonds is 6. The average Bonchev–Trinajstić information content (AvgIpc) is 2.76. The molecule has 0 fully saturated rings. The minimum Gasteiger partial charge on any atom is -0.356 e. The highest BCUT2D eigenvalue weighted by molar-refractivity contribution is 5.78. The minimum atomic E-state index is 0.0505. The summed E-state index contributed by atoms with van der Waals surface area (Å²) in [7, 11) is 0. The molecule has 1 amide bonds. The molecule has 0 atom stereocenters. The van der Waals surface area contributed by atoms with E-state index in [0.717, 1.165) is 30.7 Å². The summed E-state index contributed by atoms with van der Waals surface area (Å²) in [5.41, 5.74) is 1.69. The molecule has 1 N–H and O–H groups in total. The molecule has 0 spiro atoms. The maximum Gasteiger partial charge on any atom is 0.226 e. The second-order valence-electron chi connectivity index (χ2n) is 4.43. The van der Waals surface area contributed by atoms with Gasteiger partial charge in [0.15, 0.2) is 0 Å². The van der Waals surface area contributed by atoms with Crippen LogP contribution in [0.1, 0.15) is 31.9 Å². The Morgan fingerprint density at radius 2 is 2.28 bits per heavy atom. The van der Waals surface area contributed by atoms with Gasteiger partial charge in [-0.15, -0.1) is 0 Å². The van der Waals surface area contributed by atoms with E-state index in [4.69, 9.17) is 0 Å². The van der Waals surface area contributed by atoms with E-state index in [0.29, 0.717) is 6.42 Å². The number of nitrogens with zero attached hydrogens (tertiary/aromatic N) is 2. The van der Waals surface area contributed by atoms with Gasteiger partial charge in [0.05, 0.1) is 12.1 Å². The first-order valence-electron chi connectivity index (χ1n) is 6.49. The maximum atomic E-state index is 11.7. The van der Waals surface area contributed by atoms with Crippen LogP contribution < -0.4 is 5.32 Å². The maximum absolute atomic E-state index is 11.7. The highest BCUT2D eigenvalue weighted by Gasteiger charge is 2.06. The quantitative estimate of drug-likeness (QED) is 0.793. The second-order valence-corrected chi connectivity index (χ2v) is 4.43. The topological polar surface area (TPSA) is 46.4 Å². The lowest BCUT2D eigenvalue weighted by Crippen LogP contribution is -2.26. The van der Waals surface area contributed by atoms with Crippen LogP contribution in [0.25, 0.3) is 5.65 Å². The fraction of sp³-hybridized carbons (Fsp3) is 0.429. The van der Waals surface area contributed by atoms with Crippen molar-refractivity contribution in [1.82, 2.24) is 14.7 Å². The third-order valence-electron chi connectivity index (χ3n) is 2.86. The molecule has 0 radical (unpaired) electrons. The van der Waals surface area contributed by atoms with Crippen molar-refractivity contribution in [3.05, 3.63) is 36.3 Å². The van der Waals surface area contributed by atoms with Crippen LogP contribution >= 0.6 is 0 Å². The number of carbonyl (C=O) groups is 1. The Balaban J connectivity index is 1.86. The summed E-state index contributed by atoms with van der Waals surface area (Å²) >= 11 is 0. The second kappa shape index (κ2) is 6.19. The minimum absolute atomic E-state index is 0.0505. The molecule has 0 aromatic carbocycles. The van der Waals surface area contributed by atoms with Crippen molar-refractivity contribution >= 4 is 11.6 Å². The lowest BCUT2D eigenvalue weighted by atomic mass is 10.2.